The number of aliphatic carboxylic acids is 1. The zero-order chi connectivity index (χ0) is 11.4. The van der Waals surface area contributed by atoms with Crippen molar-refractivity contribution < 1.29 is 14.3 Å². The molecule has 1 aromatic carbocycles. The Morgan fingerprint density at radius 1 is 1.33 bits per heavy atom. The van der Waals surface area contributed by atoms with Gasteiger partial charge in [-0.15, -0.1) is 11.8 Å². The highest BCUT2D eigenvalue weighted by Gasteiger charge is 2.19. The third-order valence-electron chi connectivity index (χ3n) is 2.23. The number of benzene rings is 1. The molecule has 1 rings (SSSR count). The first kappa shape index (κ1) is 12.0. The molecule has 0 fully saturated rings. The lowest BCUT2D eigenvalue weighted by Gasteiger charge is -2.15. The minimum atomic E-state index is -0.808. The second-order valence-corrected chi connectivity index (χ2v) is 4.85. The average Bonchev–Trinajstić information content (AvgIpc) is 2.20. The lowest BCUT2D eigenvalue weighted by Crippen LogP contribution is -2.19. The van der Waals surface area contributed by atoms with Gasteiger partial charge < -0.3 is 5.11 Å². The fourth-order valence-electron chi connectivity index (χ4n) is 1.03. The van der Waals surface area contributed by atoms with Crippen LogP contribution >= 0.6 is 11.8 Å². The van der Waals surface area contributed by atoms with Crippen LogP contribution < -0.4 is 0 Å². The van der Waals surface area contributed by atoms with E-state index in [-0.39, 0.29) is 11.1 Å². The Morgan fingerprint density at radius 2 is 1.87 bits per heavy atom. The molecule has 2 nitrogen and oxygen atoms in total. The Balaban J connectivity index is 2.62. The number of hydrogen-bond acceptors (Lipinski definition) is 2. The number of halogens is 1. The third-order valence-corrected chi connectivity index (χ3v) is 3.55. The third kappa shape index (κ3) is 3.55. The quantitative estimate of drug-likeness (QED) is 0.805. The molecule has 0 aliphatic heterocycles. The molecule has 0 saturated carbocycles. The van der Waals surface area contributed by atoms with Gasteiger partial charge in [0, 0.05) is 10.1 Å². The van der Waals surface area contributed by atoms with Crippen LogP contribution in [-0.4, -0.2) is 16.3 Å². The lowest BCUT2D eigenvalue weighted by molar-refractivity contribution is -0.140. The van der Waals surface area contributed by atoms with E-state index in [1.165, 1.54) is 23.9 Å². The van der Waals surface area contributed by atoms with Gasteiger partial charge in [0.05, 0.1) is 5.92 Å². The molecular formula is C11H13FO2S. The molecule has 0 amide bonds. The second kappa shape index (κ2) is 5.16. The summed E-state index contributed by atoms with van der Waals surface area (Å²) in [5.41, 5.74) is 0. The van der Waals surface area contributed by atoms with E-state index >= 15 is 0 Å². The highest BCUT2D eigenvalue weighted by atomic mass is 32.2. The van der Waals surface area contributed by atoms with Gasteiger partial charge in [0.25, 0.3) is 0 Å². The van der Waals surface area contributed by atoms with Crippen molar-refractivity contribution in [3.8, 4) is 0 Å². The van der Waals surface area contributed by atoms with Crippen molar-refractivity contribution >= 4 is 17.7 Å². The fourth-order valence-corrected chi connectivity index (χ4v) is 2.07. The number of carboxylic acids is 1. The summed E-state index contributed by atoms with van der Waals surface area (Å²) >= 11 is 1.44. The van der Waals surface area contributed by atoms with E-state index in [0.29, 0.717) is 0 Å². The average molecular weight is 228 g/mol. The molecule has 15 heavy (non-hydrogen) atoms. The van der Waals surface area contributed by atoms with Crippen molar-refractivity contribution in [1.29, 1.82) is 0 Å². The molecule has 2 unspecified atom stereocenters. The molecule has 0 bridgehead atoms. The lowest BCUT2D eigenvalue weighted by atomic mass is 10.1. The summed E-state index contributed by atoms with van der Waals surface area (Å²) in [6, 6.07) is 6.07. The molecule has 0 radical (unpaired) electrons. The Hall–Kier alpha value is -1.03. The SMILES string of the molecule is CC(Sc1ccc(F)cc1)C(C)C(=O)O. The maximum absolute atomic E-state index is 12.6. The largest absolute Gasteiger partial charge is 0.481 e. The van der Waals surface area contributed by atoms with E-state index < -0.39 is 11.9 Å². The van der Waals surface area contributed by atoms with Gasteiger partial charge in [0.2, 0.25) is 0 Å². The van der Waals surface area contributed by atoms with Crippen LogP contribution in [0.1, 0.15) is 13.8 Å². The van der Waals surface area contributed by atoms with Gasteiger partial charge in [0.1, 0.15) is 5.82 Å². The van der Waals surface area contributed by atoms with E-state index in [0.717, 1.165) is 4.90 Å². The van der Waals surface area contributed by atoms with Crippen LogP contribution in [0.4, 0.5) is 4.39 Å². The predicted octanol–water partition coefficient (Wildman–Crippen LogP) is 3.03. The van der Waals surface area contributed by atoms with Gasteiger partial charge in [-0.2, -0.15) is 0 Å². The van der Waals surface area contributed by atoms with Crippen molar-refractivity contribution in [3.63, 3.8) is 0 Å². The summed E-state index contributed by atoms with van der Waals surface area (Å²) in [5.74, 6) is -1.50. The van der Waals surface area contributed by atoms with E-state index in [4.69, 9.17) is 5.11 Å². The Labute approximate surface area is 92.5 Å². The molecule has 0 saturated heterocycles. The second-order valence-electron chi connectivity index (χ2n) is 3.40. The molecule has 82 valence electrons. The highest BCUT2D eigenvalue weighted by molar-refractivity contribution is 8.00. The minimum Gasteiger partial charge on any atom is -0.481 e. The first-order valence-electron chi connectivity index (χ1n) is 4.65. The van der Waals surface area contributed by atoms with Crippen molar-refractivity contribution in [3.05, 3.63) is 30.1 Å². The molecule has 0 heterocycles. The van der Waals surface area contributed by atoms with Crippen LogP contribution in [0.25, 0.3) is 0 Å². The predicted molar refractivity (Wildman–Crippen MR) is 58.5 cm³/mol. The standard InChI is InChI=1S/C11H13FO2S/c1-7(11(13)14)8(2)15-10-5-3-9(12)4-6-10/h3-8H,1-2H3,(H,13,14). The summed E-state index contributed by atoms with van der Waals surface area (Å²) in [7, 11) is 0. The molecule has 1 aromatic rings. The van der Waals surface area contributed by atoms with E-state index in [1.54, 1.807) is 19.1 Å². The number of rotatable bonds is 4. The maximum atomic E-state index is 12.6. The van der Waals surface area contributed by atoms with Crippen LogP contribution in [-0.2, 0) is 4.79 Å². The van der Waals surface area contributed by atoms with Crippen LogP contribution in [0.15, 0.2) is 29.2 Å². The topological polar surface area (TPSA) is 37.3 Å². The number of hydrogen-bond donors (Lipinski definition) is 1. The van der Waals surface area contributed by atoms with Crippen molar-refractivity contribution in [2.45, 2.75) is 24.0 Å². The van der Waals surface area contributed by atoms with Crippen molar-refractivity contribution in [2.24, 2.45) is 5.92 Å². The zero-order valence-corrected chi connectivity index (χ0v) is 9.42. The molecule has 0 spiro atoms. The first-order valence-corrected chi connectivity index (χ1v) is 5.53. The van der Waals surface area contributed by atoms with E-state index in [9.17, 15) is 9.18 Å². The van der Waals surface area contributed by atoms with E-state index in [1.807, 2.05) is 6.92 Å². The Morgan fingerprint density at radius 3 is 2.33 bits per heavy atom. The number of carboxylic acid groups (broad SMARTS) is 1. The molecule has 0 aromatic heterocycles. The first-order chi connectivity index (χ1) is 7.00. The summed E-state index contributed by atoms with van der Waals surface area (Å²) in [6.45, 7) is 3.52. The summed E-state index contributed by atoms with van der Waals surface area (Å²) in [4.78, 5) is 11.6. The monoisotopic (exact) mass is 228 g/mol. The molecule has 0 aliphatic rings. The van der Waals surface area contributed by atoms with Gasteiger partial charge in [-0.1, -0.05) is 13.8 Å². The Bertz CT molecular complexity index is 337. The minimum absolute atomic E-state index is 0.0343. The molecular weight excluding hydrogens is 215 g/mol. The fraction of sp³-hybridized carbons (Fsp3) is 0.364. The molecule has 1 N–H and O–H groups in total. The zero-order valence-electron chi connectivity index (χ0n) is 8.61. The maximum Gasteiger partial charge on any atom is 0.307 e. The Kier molecular flexibility index (Phi) is 4.15. The van der Waals surface area contributed by atoms with Crippen LogP contribution in [0.2, 0.25) is 0 Å². The van der Waals surface area contributed by atoms with Crippen LogP contribution in [0.5, 0.6) is 0 Å². The van der Waals surface area contributed by atoms with Gasteiger partial charge in [-0.3, -0.25) is 4.79 Å². The van der Waals surface area contributed by atoms with Crippen molar-refractivity contribution in [2.75, 3.05) is 0 Å². The van der Waals surface area contributed by atoms with Crippen molar-refractivity contribution in [1.82, 2.24) is 0 Å². The highest BCUT2D eigenvalue weighted by Crippen LogP contribution is 2.27. The van der Waals surface area contributed by atoms with Crippen LogP contribution in [0.3, 0.4) is 0 Å². The van der Waals surface area contributed by atoms with Gasteiger partial charge in [0.15, 0.2) is 0 Å². The van der Waals surface area contributed by atoms with Gasteiger partial charge in [-0.25, -0.2) is 4.39 Å². The van der Waals surface area contributed by atoms with Crippen LogP contribution in [0, 0.1) is 11.7 Å². The summed E-state index contributed by atoms with van der Waals surface area (Å²) in [5, 5.41) is 8.77. The van der Waals surface area contributed by atoms with E-state index in [2.05, 4.69) is 0 Å². The smallest absolute Gasteiger partial charge is 0.307 e. The van der Waals surface area contributed by atoms with Gasteiger partial charge >= 0.3 is 5.97 Å². The number of thioether (sulfide) groups is 1. The summed E-state index contributed by atoms with van der Waals surface area (Å²) in [6.07, 6.45) is 0. The normalized spacial score (nSPS) is 14.6. The van der Waals surface area contributed by atoms with Gasteiger partial charge in [-0.05, 0) is 24.3 Å². The molecule has 2 atom stereocenters. The molecule has 4 heteroatoms. The molecule has 0 aliphatic carbocycles. The summed E-state index contributed by atoms with van der Waals surface area (Å²) < 4.78 is 12.6. The number of carbonyl (C=O) groups is 1.